The number of aliphatic hydroxyl groups excluding tert-OH is 1. The molecule has 1 amide bonds. The fourth-order valence-corrected chi connectivity index (χ4v) is 3.29. The van der Waals surface area contributed by atoms with Crippen molar-refractivity contribution in [3.05, 3.63) is 65.7 Å². The summed E-state index contributed by atoms with van der Waals surface area (Å²) in [6, 6.07) is 18.0. The number of aliphatic hydroxyl groups is 1. The van der Waals surface area contributed by atoms with Crippen LogP contribution in [-0.4, -0.2) is 41.7 Å². The third-order valence-electron chi connectivity index (χ3n) is 4.57. The molecule has 0 aromatic heterocycles. The highest BCUT2D eigenvalue weighted by atomic mass is 16.3. The van der Waals surface area contributed by atoms with Gasteiger partial charge in [-0.05, 0) is 49.6 Å². The van der Waals surface area contributed by atoms with Crippen LogP contribution in [0.5, 0.6) is 0 Å². The van der Waals surface area contributed by atoms with Crippen LogP contribution in [0.15, 0.2) is 54.6 Å². The SMILES string of the molecule is C[C@H](O)CN(Cc1ccc(C(=O)N2CCCC2)cc1)c1ccccc1. The predicted octanol–water partition coefficient (Wildman–Crippen LogP) is 3.31. The molecule has 0 aliphatic carbocycles. The van der Waals surface area contributed by atoms with Crippen molar-refractivity contribution in [3.8, 4) is 0 Å². The van der Waals surface area contributed by atoms with E-state index in [-0.39, 0.29) is 5.91 Å². The Balaban J connectivity index is 1.71. The Morgan fingerprint density at radius 1 is 1.08 bits per heavy atom. The second-order valence-corrected chi connectivity index (χ2v) is 6.76. The lowest BCUT2D eigenvalue weighted by molar-refractivity contribution is 0.0793. The van der Waals surface area contributed by atoms with Gasteiger partial charge < -0.3 is 14.9 Å². The van der Waals surface area contributed by atoms with Crippen LogP contribution in [0.2, 0.25) is 0 Å². The minimum absolute atomic E-state index is 0.132. The number of hydrogen-bond acceptors (Lipinski definition) is 3. The summed E-state index contributed by atoms with van der Waals surface area (Å²) in [4.78, 5) is 16.5. The smallest absolute Gasteiger partial charge is 0.253 e. The molecule has 0 spiro atoms. The van der Waals surface area contributed by atoms with Crippen molar-refractivity contribution in [1.82, 2.24) is 4.90 Å². The van der Waals surface area contributed by atoms with Crippen LogP contribution in [0.1, 0.15) is 35.7 Å². The van der Waals surface area contributed by atoms with Gasteiger partial charge in [0.15, 0.2) is 0 Å². The number of rotatable bonds is 6. The molecule has 1 N–H and O–H groups in total. The topological polar surface area (TPSA) is 43.8 Å². The second kappa shape index (κ2) is 8.17. The molecule has 0 radical (unpaired) electrons. The zero-order chi connectivity index (χ0) is 17.6. The van der Waals surface area contributed by atoms with Crippen molar-refractivity contribution in [3.63, 3.8) is 0 Å². The van der Waals surface area contributed by atoms with Crippen LogP contribution in [0.3, 0.4) is 0 Å². The summed E-state index contributed by atoms with van der Waals surface area (Å²) in [5, 5.41) is 9.81. The molecule has 1 saturated heterocycles. The monoisotopic (exact) mass is 338 g/mol. The zero-order valence-electron chi connectivity index (χ0n) is 14.8. The molecule has 1 fully saturated rings. The minimum Gasteiger partial charge on any atom is -0.392 e. The first-order valence-corrected chi connectivity index (χ1v) is 9.00. The fraction of sp³-hybridized carbons (Fsp3) is 0.381. The minimum atomic E-state index is -0.406. The van der Waals surface area contributed by atoms with Crippen LogP contribution in [0.4, 0.5) is 5.69 Å². The lowest BCUT2D eigenvalue weighted by Crippen LogP contribution is -2.30. The number of anilines is 1. The average molecular weight is 338 g/mol. The third-order valence-corrected chi connectivity index (χ3v) is 4.57. The van der Waals surface area contributed by atoms with Crippen LogP contribution in [-0.2, 0) is 6.54 Å². The number of carbonyl (C=O) groups excluding carboxylic acids is 1. The number of amides is 1. The van der Waals surface area contributed by atoms with E-state index < -0.39 is 6.10 Å². The Kier molecular flexibility index (Phi) is 5.71. The molecule has 25 heavy (non-hydrogen) atoms. The largest absolute Gasteiger partial charge is 0.392 e. The van der Waals surface area contributed by atoms with Crippen molar-refractivity contribution >= 4 is 11.6 Å². The average Bonchev–Trinajstić information content (AvgIpc) is 3.16. The van der Waals surface area contributed by atoms with Gasteiger partial charge in [0.05, 0.1) is 6.10 Å². The number of nitrogens with zero attached hydrogens (tertiary/aromatic N) is 2. The molecule has 2 aromatic rings. The Morgan fingerprint density at radius 3 is 2.32 bits per heavy atom. The van der Waals surface area contributed by atoms with E-state index in [1.54, 1.807) is 6.92 Å². The van der Waals surface area contributed by atoms with E-state index in [1.807, 2.05) is 59.5 Å². The molecule has 0 unspecified atom stereocenters. The van der Waals surface area contributed by atoms with Crippen LogP contribution < -0.4 is 4.90 Å². The van der Waals surface area contributed by atoms with Crippen molar-refractivity contribution < 1.29 is 9.90 Å². The van der Waals surface area contributed by atoms with Crippen LogP contribution in [0.25, 0.3) is 0 Å². The van der Waals surface area contributed by atoms with E-state index in [9.17, 15) is 9.90 Å². The van der Waals surface area contributed by atoms with Crippen molar-refractivity contribution in [2.45, 2.75) is 32.4 Å². The van der Waals surface area contributed by atoms with E-state index in [1.165, 1.54) is 0 Å². The van der Waals surface area contributed by atoms with E-state index in [0.29, 0.717) is 13.1 Å². The van der Waals surface area contributed by atoms with Gasteiger partial charge in [-0.25, -0.2) is 0 Å². The Morgan fingerprint density at radius 2 is 1.72 bits per heavy atom. The van der Waals surface area contributed by atoms with Crippen LogP contribution in [0, 0.1) is 0 Å². The summed E-state index contributed by atoms with van der Waals surface area (Å²) in [5.41, 5.74) is 2.97. The fourth-order valence-electron chi connectivity index (χ4n) is 3.29. The lowest BCUT2D eigenvalue weighted by Gasteiger charge is -2.26. The number of hydrogen-bond donors (Lipinski definition) is 1. The van der Waals surface area contributed by atoms with Gasteiger partial charge in [-0.1, -0.05) is 30.3 Å². The summed E-state index contributed by atoms with van der Waals surface area (Å²) in [5.74, 6) is 0.132. The normalized spacial score (nSPS) is 15.2. The van der Waals surface area contributed by atoms with Gasteiger partial charge >= 0.3 is 0 Å². The van der Waals surface area contributed by atoms with Gasteiger partial charge in [-0.2, -0.15) is 0 Å². The van der Waals surface area contributed by atoms with Crippen molar-refractivity contribution in [2.75, 3.05) is 24.5 Å². The predicted molar refractivity (Wildman–Crippen MR) is 101 cm³/mol. The maximum absolute atomic E-state index is 12.4. The maximum atomic E-state index is 12.4. The summed E-state index contributed by atoms with van der Waals surface area (Å²) in [6.45, 7) is 4.81. The van der Waals surface area contributed by atoms with E-state index in [0.717, 1.165) is 42.7 Å². The summed E-state index contributed by atoms with van der Waals surface area (Å²) in [6.07, 6.45) is 1.81. The van der Waals surface area contributed by atoms with Gasteiger partial charge in [-0.15, -0.1) is 0 Å². The van der Waals surface area contributed by atoms with Gasteiger partial charge in [0.1, 0.15) is 0 Å². The van der Waals surface area contributed by atoms with Crippen molar-refractivity contribution in [2.24, 2.45) is 0 Å². The summed E-state index contributed by atoms with van der Waals surface area (Å²) in [7, 11) is 0. The van der Waals surface area contributed by atoms with Gasteiger partial charge in [-0.3, -0.25) is 4.79 Å². The second-order valence-electron chi connectivity index (χ2n) is 6.76. The maximum Gasteiger partial charge on any atom is 0.253 e. The molecule has 2 aromatic carbocycles. The van der Waals surface area contributed by atoms with Gasteiger partial charge in [0, 0.05) is 37.4 Å². The standard InChI is InChI=1S/C21H26N2O2/c1-17(24)15-23(20-7-3-2-4-8-20)16-18-9-11-19(12-10-18)21(25)22-13-5-6-14-22/h2-4,7-12,17,24H,5-6,13-16H2,1H3/t17-/m0/s1. The summed E-state index contributed by atoms with van der Waals surface area (Å²) >= 11 is 0. The Bertz CT molecular complexity index is 677. The Hall–Kier alpha value is -2.33. The first-order chi connectivity index (χ1) is 12.1. The molecule has 3 rings (SSSR count). The molecule has 1 aliphatic heterocycles. The molecule has 1 aliphatic rings. The highest BCUT2D eigenvalue weighted by molar-refractivity contribution is 5.94. The third kappa shape index (κ3) is 4.60. The van der Waals surface area contributed by atoms with Gasteiger partial charge in [0.25, 0.3) is 5.91 Å². The molecular weight excluding hydrogens is 312 g/mol. The molecule has 1 heterocycles. The highest BCUT2D eigenvalue weighted by Crippen LogP contribution is 2.19. The highest BCUT2D eigenvalue weighted by Gasteiger charge is 2.19. The molecule has 0 bridgehead atoms. The molecule has 1 atom stereocenters. The molecule has 4 heteroatoms. The number of likely N-dealkylation sites (tertiary alicyclic amines) is 1. The van der Waals surface area contributed by atoms with Crippen molar-refractivity contribution in [1.29, 1.82) is 0 Å². The zero-order valence-corrected chi connectivity index (χ0v) is 14.8. The quantitative estimate of drug-likeness (QED) is 0.879. The molecule has 0 saturated carbocycles. The molecule has 132 valence electrons. The van der Waals surface area contributed by atoms with Gasteiger partial charge in [0.2, 0.25) is 0 Å². The molecule has 4 nitrogen and oxygen atoms in total. The number of carbonyl (C=O) groups is 1. The Labute approximate surface area is 149 Å². The number of benzene rings is 2. The van der Waals surface area contributed by atoms with E-state index in [4.69, 9.17) is 0 Å². The number of para-hydroxylation sites is 1. The lowest BCUT2D eigenvalue weighted by atomic mass is 10.1. The molecular formula is C21H26N2O2. The first kappa shape index (κ1) is 17.5. The van der Waals surface area contributed by atoms with Crippen LogP contribution >= 0.6 is 0 Å². The first-order valence-electron chi connectivity index (χ1n) is 9.00. The van der Waals surface area contributed by atoms with E-state index >= 15 is 0 Å². The summed E-state index contributed by atoms with van der Waals surface area (Å²) < 4.78 is 0. The van der Waals surface area contributed by atoms with E-state index in [2.05, 4.69) is 4.90 Å².